The van der Waals surface area contributed by atoms with Gasteiger partial charge in [0.15, 0.2) is 0 Å². The van der Waals surface area contributed by atoms with E-state index in [2.05, 4.69) is 0 Å². The van der Waals surface area contributed by atoms with Crippen molar-refractivity contribution in [2.24, 2.45) is 5.92 Å². The maximum absolute atomic E-state index is 12.6. The second kappa shape index (κ2) is 6.76. The van der Waals surface area contributed by atoms with Crippen LogP contribution < -0.4 is 0 Å². The van der Waals surface area contributed by atoms with E-state index >= 15 is 0 Å². The van der Waals surface area contributed by atoms with E-state index in [9.17, 15) is 4.79 Å². The minimum atomic E-state index is 0.0603. The lowest BCUT2D eigenvalue weighted by Crippen LogP contribution is -2.45. The van der Waals surface area contributed by atoms with Gasteiger partial charge in [0, 0.05) is 18.5 Å². The molecule has 3 nitrogen and oxygen atoms in total. The molecule has 1 heterocycles. The van der Waals surface area contributed by atoms with E-state index in [1.54, 1.807) is 0 Å². The molecule has 1 aliphatic carbocycles. The number of amides is 1. The number of halogens is 1. The molecule has 2 rings (SSSR count). The quantitative estimate of drug-likeness (QED) is 0.737. The summed E-state index contributed by atoms with van der Waals surface area (Å²) < 4.78 is 5.52. The SMILES string of the molecule is CC1CC(C(=O)N(CCCl)C2CCCCC2)CO1. The average molecular weight is 274 g/mol. The minimum Gasteiger partial charge on any atom is -0.378 e. The lowest BCUT2D eigenvalue weighted by molar-refractivity contribution is -0.138. The van der Waals surface area contributed by atoms with Gasteiger partial charge in [-0.3, -0.25) is 4.79 Å². The number of hydrogen-bond donors (Lipinski definition) is 0. The fourth-order valence-corrected chi connectivity index (χ4v) is 3.36. The van der Waals surface area contributed by atoms with E-state index in [4.69, 9.17) is 16.3 Å². The van der Waals surface area contributed by atoms with Gasteiger partial charge in [0.25, 0.3) is 0 Å². The molecule has 0 aromatic heterocycles. The van der Waals surface area contributed by atoms with Gasteiger partial charge in [-0.1, -0.05) is 19.3 Å². The topological polar surface area (TPSA) is 29.5 Å². The summed E-state index contributed by atoms with van der Waals surface area (Å²) >= 11 is 5.87. The molecule has 0 aromatic rings. The summed E-state index contributed by atoms with van der Waals surface area (Å²) in [6, 6.07) is 0.418. The van der Waals surface area contributed by atoms with Crippen molar-refractivity contribution in [3.05, 3.63) is 0 Å². The van der Waals surface area contributed by atoms with E-state index in [1.165, 1.54) is 19.3 Å². The van der Waals surface area contributed by atoms with Crippen LogP contribution in [0.25, 0.3) is 0 Å². The Hall–Kier alpha value is -0.280. The monoisotopic (exact) mass is 273 g/mol. The molecule has 2 fully saturated rings. The smallest absolute Gasteiger partial charge is 0.228 e. The molecule has 4 heteroatoms. The van der Waals surface area contributed by atoms with Gasteiger partial charge in [0.1, 0.15) is 0 Å². The normalized spacial score (nSPS) is 29.4. The van der Waals surface area contributed by atoms with Gasteiger partial charge < -0.3 is 9.64 Å². The third kappa shape index (κ3) is 3.39. The van der Waals surface area contributed by atoms with Crippen LogP contribution in [-0.2, 0) is 9.53 Å². The fraction of sp³-hybridized carbons (Fsp3) is 0.929. The molecule has 0 aromatic carbocycles. The van der Waals surface area contributed by atoms with Crippen molar-refractivity contribution in [1.29, 1.82) is 0 Å². The lowest BCUT2D eigenvalue weighted by Gasteiger charge is -2.35. The second-order valence-electron chi connectivity index (χ2n) is 5.59. The largest absolute Gasteiger partial charge is 0.378 e. The van der Waals surface area contributed by atoms with Crippen LogP contribution in [0.4, 0.5) is 0 Å². The Bertz CT molecular complexity index is 279. The Morgan fingerprint density at radius 1 is 1.33 bits per heavy atom. The highest BCUT2D eigenvalue weighted by Gasteiger charge is 2.34. The number of nitrogens with zero attached hydrogens (tertiary/aromatic N) is 1. The number of rotatable bonds is 4. The van der Waals surface area contributed by atoms with Crippen molar-refractivity contribution < 1.29 is 9.53 Å². The van der Waals surface area contributed by atoms with Crippen LogP contribution in [0.5, 0.6) is 0 Å². The Labute approximate surface area is 115 Å². The van der Waals surface area contributed by atoms with Gasteiger partial charge in [-0.25, -0.2) is 0 Å². The number of alkyl halides is 1. The number of carbonyl (C=O) groups excluding carboxylic acids is 1. The summed E-state index contributed by atoms with van der Waals surface area (Å²) in [7, 11) is 0. The molecule has 2 unspecified atom stereocenters. The van der Waals surface area contributed by atoms with Crippen LogP contribution in [0.15, 0.2) is 0 Å². The van der Waals surface area contributed by atoms with E-state index in [0.29, 0.717) is 25.1 Å². The predicted octanol–water partition coefficient (Wildman–Crippen LogP) is 2.81. The van der Waals surface area contributed by atoms with Crippen molar-refractivity contribution in [1.82, 2.24) is 4.90 Å². The fourth-order valence-electron chi connectivity index (χ4n) is 3.18. The Morgan fingerprint density at radius 2 is 2.06 bits per heavy atom. The molecule has 2 atom stereocenters. The Balaban J connectivity index is 1.97. The molecule has 0 N–H and O–H groups in total. The highest BCUT2D eigenvalue weighted by Crippen LogP contribution is 2.27. The molecule has 1 saturated heterocycles. The second-order valence-corrected chi connectivity index (χ2v) is 5.97. The van der Waals surface area contributed by atoms with Crippen LogP contribution in [0.2, 0.25) is 0 Å². The van der Waals surface area contributed by atoms with E-state index in [-0.39, 0.29) is 17.9 Å². The van der Waals surface area contributed by atoms with Gasteiger partial charge in [-0.15, -0.1) is 11.6 Å². The molecule has 104 valence electrons. The number of ether oxygens (including phenoxy) is 1. The van der Waals surface area contributed by atoms with E-state index in [0.717, 1.165) is 19.3 Å². The highest BCUT2D eigenvalue weighted by molar-refractivity contribution is 6.18. The van der Waals surface area contributed by atoms with Crippen molar-refractivity contribution >= 4 is 17.5 Å². The van der Waals surface area contributed by atoms with E-state index in [1.807, 2.05) is 11.8 Å². The highest BCUT2D eigenvalue weighted by atomic mass is 35.5. The molecule has 18 heavy (non-hydrogen) atoms. The molecule has 1 saturated carbocycles. The first-order valence-electron chi connectivity index (χ1n) is 7.20. The van der Waals surface area contributed by atoms with Crippen LogP contribution in [0.3, 0.4) is 0 Å². The molecule has 1 aliphatic heterocycles. The van der Waals surface area contributed by atoms with Crippen molar-refractivity contribution in [3.8, 4) is 0 Å². The van der Waals surface area contributed by atoms with Crippen LogP contribution in [0, 0.1) is 5.92 Å². The third-order valence-corrected chi connectivity index (χ3v) is 4.34. The summed E-state index contributed by atoms with van der Waals surface area (Å²) in [6.45, 7) is 3.32. The Morgan fingerprint density at radius 3 is 2.61 bits per heavy atom. The van der Waals surface area contributed by atoms with Crippen LogP contribution in [0.1, 0.15) is 45.4 Å². The predicted molar refractivity (Wildman–Crippen MR) is 72.8 cm³/mol. The van der Waals surface area contributed by atoms with Gasteiger partial charge in [0.05, 0.1) is 18.6 Å². The molecular weight excluding hydrogens is 250 g/mol. The van der Waals surface area contributed by atoms with Gasteiger partial charge in [-0.05, 0) is 26.2 Å². The first-order chi connectivity index (χ1) is 8.72. The van der Waals surface area contributed by atoms with Crippen LogP contribution >= 0.6 is 11.6 Å². The zero-order valence-corrected chi connectivity index (χ0v) is 12.0. The first-order valence-corrected chi connectivity index (χ1v) is 7.74. The molecule has 2 aliphatic rings. The van der Waals surface area contributed by atoms with E-state index < -0.39 is 0 Å². The minimum absolute atomic E-state index is 0.0603. The third-order valence-electron chi connectivity index (χ3n) is 4.17. The molecule has 1 amide bonds. The molecule has 0 radical (unpaired) electrons. The summed E-state index contributed by atoms with van der Waals surface area (Å²) in [5.41, 5.74) is 0. The summed E-state index contributed by atoms with van der Waals surface area (Å²) in [4.78, 5) is 14.6. The first kappa shape index (κ1) is 14.1. The summed E-state index contributed by atoms with van der Waals surface area (Å²) in [5, 5.41) is 0. The standard InChI is InChI=1S/C14H24ClNO2/c1-11-9-12(10-18-11)14(17)16(8-7-15)13-5-3-2-4-6-13/h11-13H,2-10H2,1H3. The van der Waals surface area contributed by atoms with Gasteiger partial charge >= 0.3 is 0 Å². The molecule has 0 bridgehead atoms. The molecule has 0 spiro atoms. The van der Waals surface area contributed by atoms with Gasteiger partial charge in [0.2, 0.25) is 5.91 Å². The van der Waals surface area contributed by atoms with Crippen LogP contribution in [-0.4, -0.2) is 42.0 Å². The average Bonchev–Trinajstić information content (AvgIpc) is 2.83. The summed E-state index contributed by atoms with van der Waals surface area (Å²) in [6.07, 6.45) is 7.18. The zero-order chi connectivity index (χ0) is 13.0. The maximum Gasteiger partial charge on any atom is 0.228 e. The number of carbonyl (C=O) groups is 1. The zero-order valence-electron chi connectivity index (χ0n) is 11.2. The lowest BCUT2D eigenvalue weighted by atomic mass is 9.93. The van der Waals surface area contributed by atoms with Crippen molar-refractivity contribution in [2.45, 2.75) is 57.6 Å². The summed E-state index contributed by atoms with van der Waals surface area (Å²) in [5.74, 6) is 0.864. The molecular formula is C14H24ClNO2. The van der Waals surface area contributed by atoms with Gasteiger partial charge in [-0.2, -0.15) is 0 Å². The number of hydrogen-bond acceptors (Lipinski definition) is 2. The van der Waals surface area contributed by atoms with Crippen molar-refractivity contribution in [2.75, 3.05) is 19.0 Å². The van der Waals surface area contributed by atoms with Crippen molar-refractivity contribution in [3.63, 3.8) is 0 Å². The Kier molecular flexibility index (Phi) is 5.31. The maximum atomic E-state index is 12.6.